The van der Waals surface area contributed by atoms with Gasteiger partial charge in [-0.3, -0.25) is 0 Å². The molecule has 204 valence electrons. The van der Waals surface area contributed by atoms with Crippen LogP contribution in [0.25, 0.3) is 10.8 Å². The van der Waals surface area contributed by atoms with Crippen molar-refractivity contribution in [1.29, 1.82) is 0 Å². The predicted molar refractivity (Wildman–Crippen MR) is 159 cm³/mol. The van der Waals surface area contributed by atoms with Crippen molar-refractivity contribution in [3.8, 4) is 11.5 Å². The van der Waals surface area contributed by atoms with Gasteiger partial charge in [-0.05, 0) is 24.3 Å². The first kappa shape index (κ1) is 30.5. The van der Waals surface area contributed by atoms with Crippen LogP contribution >= 0.6 is 0 Å². The molecule has 0 saturated carbocycles. The van der Waals surface area contributed by atoms with Gasteiger partial charge in [0, 0.05) is 5.39 Å². The third kappa shape index (κ3) is 13.6. The van der Waals surface area contributed by atoms with Crippen molar-refractivity contribution in [3.63, 3.8) is 0 Å². The van der Waals surface area contributed by atoms with Gasteiger partial charge in [0.1, 0.15) is 0 Å². The van der Waals surface area contributed by atoms with Crippen LogP contribution in [0.5, 0.6) is 11.5 Å². The van der Waals surface area contributed by atoms with Gasteiger partial charge in [-0.1, -0.05) is 160 Å². The Labute approximate surface area is 223 Å². The molecule has 0 spiro atoms. The third-order valence-electron chi connectivity index (χ3n) is 7.34. The number of hydrogen-bond acceptors (Lipinski definition) is 2. The van der Waals surface area contributed by atoms with Crippen molar-refractivity contribution in [2.24, 2.45) is 0 Å². The van der Waals surface area contributed by atoms with E-state index in [0.29, 0.717) is 0 Å². The molecule has 0 aromatic heterocycles. The highest BCUT2D eigenvalue weighted by Gasteiger charge is 2.10. The first-order valence-corrected chi connectivity index (χ1v) is 15.6. The molecule has 0 unspecified atom stereocenters. The van der Waals surface area contributed by atoms with E-state index in [9.17, 15) is 0 Å². The summed E-state index contributed by atoms with van der Waals surface area (Å²) in [6, 6.07) is 12.8. The quantitative estimate of drug-likeness (QED) is 0.134. The minimum absolute atomic E-state index is 0.777. The van der Waals surface area contributed by atoms with Gasteiger partial charge in [-0.2, -0.15) is 0 Å². The molecule has 2 heteroatoms. The fourth-order valence-corrected chi connectivity index (χ4v) is 5.02. The maximum Gasteiger partial charge on any atom is 0.168 e. The lowest BCUT2D eigenvalue weighted by molar-refractivity contribution is 0.261. The van der Waals surface area contributed by atoms with Gasteiger partial charge in [0.2, 0.25) is 0 Å². The van der Waals surface area contributed by atoms with E-state index in [1.165, 1.54) is 126 Å². The second kappa shape index (κ2) is 21.4. The van der Waals surface area contributed by atoms with Crippen LogP contribution in [-0.2, 0) is 0 Å². The molecular formula is C34H56O2. The van der Waals surface area contributed by atoms with E-state index in [0.717, 1.165) is 37.6 Å². The molecule has 0 aliphatic rings. The summed E-state index contributed by atoms with van der Waals surface area (Å²) in [5.41, 5.74) is 0. The van der Waals surface area contributed by atoms with E-state index >= 15 is 0 Å². The molecule has 0 aliphatic carbocycles. The minimum atomic E-state index is 0.777. The smallest absolute Gasteiger partial charge is 0.168 e. The Morgan fingerprint density at radius 1 is 0.444 bits per heavy atom. The first-order valence-electron chi connectivity index (χ1n) is 15.6. The van der Waals surface area contributed by atoms with Crippen molar-refractivity contribution in [2.75, 3.05) is 13.2 Å². The summed E-state index contributed by atoms with van der Waals surface area (Å²) in [6.07, 6.45) is 26.9. The van der Waals surface area contributed by atoms with Crippen LogP contribution < -0.4 is 9.47 Å². The molecule has 2 rings (SSSR count). The maximum atomic E-state index is 6.35. The monoisotopic (exact) mass is 496 g/mol. The molecule has 2 nitrogen and oxygen atoms in total. The Morgan fingerprint density at radius 3 is 1.42 bits per heavy atom. The zero-order chi connectivity index (χ0) is 25.5. The Kier molecular flexibility index (Phi) is 18.1. The van der Waals surface area contributed by atoms with Crippen LogP contribution in [0.3, 0.4) is 0 Å². The lowest BCUT2D eigenvalue weighted by Gasteiger charge is -2.15. The van der Waals surface area contributed by atoms with Crippen LogP contribution in [-0.4, -0.2) is 13.2 Å². The molecule has 0 radical (unpaired) electrons. The second-order valence-electron chi connectivity index (χ2n) is 10.7. The van der Waals surface area contributed by atoms with Gasteiger partial charge in [0.15, 0.2) is 11.5 Å². The summed E-state index contributed by atoms with van der Waals surface area (Å²) in [5.74, 6) is 1.85. The molecular weight excluding hydrogens is 440 g/mol. The molecule has 0 bridgehead atoms. The van der Waals surface area contributed by atoms with Crippen molar-refractivity contribution < 1.29 is 9.47 Å². The largest absolute Gasteiger partial charge is 0.490 e. The Bertz CT molecular complexity index is 769. The molecule has 0 atom stereocenters. The Balaban J connectivity index is 1.65. The highest BCUT2D eigenvalue weighted by atomic mass is 16.5. The van der Waals surface area contributed by atoms with Gasteiger partial charge in [-0.25, -0.2) is 0 Å². The van der Waals surface area contributed by atoms with E-state index in [2.05, 4.69) is 50.2 Å². The average molecular weight is 497 g/mol. The lowest BCUT2D eigenvalue weighted by atomic mass is 10.1. The molecule has 0 heterocycles. The molecule has 0 fully saturated rings. The molecule has 2 aromatic rings. The minimum Gasteiger partial charge on any atom is -0.490 e. The van der Waals surface area contributed by atoms with Gasteiger partial charge in [0.05, 0.1) is 13.2 Å². The number of unbranched alkanes of at least 4 members (excludes halogenated alkanes) is 18. The van der Waals surface area contributed by atoms with Gasteiger partial charge in [-0.15, -0.1) is 0 Å². The van der Waals surface area contributed by atoms with Crippen molar-refractivity contribution >= 4 is 10.8 Å². The number of fused-ring (bicyclic) bond motifs is 1. The molecule has 2 aromatic carbocycles. The van der Waals surface area contributed by atoms with E-state index in [4.69, 9.17) is 9.47 Å². The molecule has 0 saturated heterocycles. The van der Waals surface area contributed by atoms with Crippen molar-refractivity contribution in [2.45, 2.75) is 142 Å². The van der Waals surface area contributed by atoms with Crippen LogP contribution in [0.4, 0.5) is 0 Å². The zero-order valence-corrected chi connectivity index (χ0v) is 23.8. The third-order valence-corrected chi connectivity index (χ3v) is 7.34. The highest BCUT2D eigenvalue weighted by molar-refractivity contribution is 5.90. The summed E-state index contributed by atoms with van der Waals surface area (Å²) in [4.78, 5) is 0. The lowest BCUT2D eigenvalue weighted by Crippen LogP contribution is -2.03. The fraction of sp³-hybridized carbons (Fsp3) is 0.706. The van der Waals surface area contributed by atoms with Crippen LogP contribution in [0.15, 0.2) is 36.4 Å². The SMILES string of the molecule is CCCCCCCCCCCCOc1ccc2ccccc2c1OCCCCCCCCCCCC. The number of hydrogen-bond donors (Lipinski definition) is 0. The molecule has 0 N–H and O–H groups in total. The second-order valence-corrected chi connectivity index (χ2v) is 10.7. The van der Waals surface area contributed by atoms with E-state index in [-0.39, 0.29) is 0 Å². The van der Waals surface area contributed by atoms with E-state index < -0.39 is 0 Å². The van der Waals surface area contributed by atoms with Crippen molar-refractivity contribution in [1.82, 2.24) is 0 Å². The number of rotatable bonds is 24. The summed E-state index contributed by atoms with van der Waals surface area (Å²) in [5, 5.41) is 2.40. The van der Waals surface area contributed by atoms with Crippen LogP contribution in [0.1, 0.15) is 142 Å². The summed E-state index contributed by atoms with van der Waals surface area (Å²) in [7, 11) is 0. The Morgan fingerprint density at radius 2 is 0.889 bits per heavy atom. The van der Waals surface area contributed by atoms with Crippen LogP contribution in [0, 0.1) is 0 Å². The average Bonchev–Trinajstić information content (AvgIpc) is 2.91. The summed E-state index contributed by atoms with van der Waals surface area (Å²) < 4.78 is 12.6. The molecule has 0 amide bonds. The molecule has 0 aliphatic heterocycles. The van der Waals surface area contributed by atoms with Gasteiger partial charge < -0.3 is 9.47 Å². The summed E-state index contributed by atoms with van der Waals surface area (Å²) >= 11 is 0. The van der Waals surface area contributed by atoms with Crippen molar-refractivity contribution in [3.05, 3.63) is 36.4 Å². The standard InChI is InChI=1S/C34H56O2/c1-3-5-7-9-11-13-15-17-19-23-29-35-33-28-27-31-25-21-22-26-32(31)34(33)36-30-24-20-18-16-14-12-10-8-6-4-2/h21-22,25-28H,3-20,23-24,29-30H2,1-2H3. The highest BCUT2D eigenvalue weighted by Crippen LogP contribution is 2.36. The van der Waals surface area contributed by atoms with E-state index in [1.807, 2.05) is 0 Å². The predicted octanol–water partition coefficient (Wildman–Crippen LogP) is 11.4. The number of ether oxygens (including phenoxy) is 2. The van der Waals surface area contributed by atoms with Crippen LogP contribution in [0.2, 0.25) is 0 Å². The normalized spacial score (nSPS) is 11.3. The summed E-state index contributed by atoms with van der Waals surface area (Å²) in [6.45, 7) is 6.13. The number of benzene rings is 2. The first-order chi connectivity index (χ1) is 17.9. The fourth-order valence-electron chi connectivity index (χ4n) is 5.02. The van der Waals surface area contributed by atoms with Gasteiger partial charge in [0.25, 0.3) is 0 Å². The van der Waals surface area contributed by atoms with Gasteiger partial charge >= 0.3 is 0 Å². The Hall–Kier alpha value is -1.70. The zero-order valence-electron chi connectivity index (χ0n) is 23.8. The topological polar surface area (TPSA) is 18.5 Å². The van der Waals surface area contributed by atoms with E-state index in [1.54, 1.807) is 0 Å². The maximum absolute atomic E-state index is 6.35. The molecule has 36 heavy (non-hydrogen) atoms.